The van der Waals surface area contributed by atoms with E-state index in [9.17, 15) is 24.3 Å². The van der Waals surface area contributed by atoms with Crippen LogP contribution in [0.2, 0.25) is 0 Å². The van der Waals surface area contributed by atoms with Crippen LogP contribution in [0.3, 0.4) is 0 Å². The minimum absolute atomic E-state index is 0.0238. The average molecular weight is 629 g/mol. The minimum Gasteiger partial charge on any atom is -0.507 e. The highest BCUT2D eigenvalue weighted by atomic mass is 32.1. The molecule has 0 fully saturated rings. The number of aromatic amines is 1. The molecule has 2 aromatic carbocycles. The molecule has 0 aliphatic rings. The molecule has 0 radical (unpaired) electrons. The Kier molecular flexibility index (Phi) is 11.0. The van der Waals surface area contributed by atoms with E-state index in [0.29, 0.717) is 40.4 Å². The van der Waals surface area contributed by atoms with E-state index < -0.39 is 29.8 Å². The van der Waals surface area contributed by atoms with Gasteiger partial charge in [-0.1, -0.05) is 38.5 Å². The number of aromatic nitrogens is 3. The summed E-state index contributed by atoms with van der Waals surface area (Å²) in [5.41, 5.74) is 2.23. The zero-order valence-electron chi connectivity index (χ0n) is 25.5. The molecular weight excluding hydrogens is 592 g/mol. The number of nitrogens with one attached hydrogen (secondary N) is 4. The molecule has 11 nitrogen and oxygen atoms in total. The van der Waals surface area contributed by atoms with Gasteiger partial charge in [-0.15, -0.1) is 11.3 Å². The van der Waals surface area contributed by atoms with Gasteiger partial charge in [0.1, 0.15) is 35.0 Å². The molecule has 0 aliphatic carbocycles. The average Bonchev–Trinajstić information content (AvgIpc) is 3.69. The number of allylic oxidation sites excluding steroid dienone is 1. The first-order chi connectivity index (χ1) is 21.6. The first-order valence-electron chi connectivity index (χ1n) is 14.5. The lowest BCUT2D eigenvalue weighted by molar-refractivity contribution is -0.128. The van der Waals surface area contributed by atoms with Crippen LogP contribution >= 0.6 is 11.3 Å². The van der Waals surface area contributed by atoms with Crippen LogP contribution in [0.4, 0.5) is 5.69 Å². The number of aryl methyl sites for hydroxylation is 1. The van der Waals surface area contributed by atoms with Crippen LogP contribution in [0, 0.1) is 12.8 Å². The van der Waals surface area contributed by atoms with Crippen molar-refractivity contribution in [1.29, 1.82) is 0 Å². The van der Waals surface area contributed by atoms with Gasteiger partial charge in [0.05, 0.1) is 11.3 Å². The van der Waals surface area contributed by atoms with Gasteiger partial charge in [0.25, 0.3) is 5.91 Å². The summed E-state index contributed by atoms with van der Waals surface area (Å²) in [6.45, 7) is 7.60. The van der Waals surface area contributed by atoms with E-state index in [0.717, 1.165) is 10.6 Å². The van der Waals surface area contributed by atoms with E-state index in [1.54, 1.807) is 36.5 Å². The van der Waals surface area contributed by atoms with Gasteiger partial charge in [0, 0.05) is 40.5 Å². The maximum absolute atomic E-state index is 13.7. The zero-order chi connectivity index (χ0) is 32.5. The van der Waals surface area contributed by atoms with Gasteiger partial charge in [-0.3, -0.25) is 19.2 Å². The van der Waals surface area contributed by atoms with E-state index in [2.05, 4.69) is 30.9 Å². The smallest absolute Gasteiger partial charge is 0.251 e. The largest absolute Gasteiger partial charge is 0.507 e. The van der Waals surface area contributed by atoms with Gasteiger partial charge in [-0.2, -0.15) is 0 Å². The fourth-order valence-electron chi connectivity index (χ4n) is 4.60. The van der Waals surface area contributed by atoms with Crippen LogP contribution in [-0.2, 0) is 16.0 Å². The monoisotopic (exact) mass is 628 g/mol. The Labute approximate surface area is 265 Å². The molecular formula is C33H36N6O5S. The molecule has 3 amide bonds. The highest BCUT2D eigenvalue weighted by Gasteiger charge is 2.31. The Morgan fingerprint density at radius 3 is 2.60 bits per heavy atom. The van der Waals surface area contributed by atoms with E-state index in [1.165, 1.54) is 29.7 Å². The number of hydrogen-bond acceptors (Lipinski definition) is 8. The van der Waals surface area contributed by atoms with Crippen molar-refractivity contribution in [2.45, 2.75) is 52.6 Å². The summed E-state index contributed by atoms with van der Waals surface area (Å²) in [4.78, 5) is 64.3. The molecule has 2 aromatic heterocycles. The normalized spacial score (nSPS) is 13.2. The number of hydrogen-bond donors (Lipinski definition) is 5. The maximum atomic E-state index is 13.7. The molecule has 0 spiro atoms. The van der Waals surface area contributed by atoms with Gasteiger partial charge < -0.3 is 26.0 Å². The summed E-state index contributed by atoms with van der Waals surface area (Å²) in [7, 11) is 0. The molecule has 0 bridgehead atoms. The van der Waals surface area contributed by atoms with Crippen molar-refractivity contribution in [1.82, 2.24) is 25.6 Å². The van der Waals surface area contributed by atoms with Crippen molar-refractivity contribution in [2.24, 2.45) is 5.92 Å². The molecule has 4 rings (SSSR count). The van der Waals surface area contributed by atoms with E-state index >= 15 is 0 Å². The number of nitrogens with zero attached hydrogens (tertiary/aromatic N) is 2. The van der Waals surface area contributed by atoms with Crippen molar-refractivity contribution < 1.29 is 24.3 Å². The maximum Gasteiger partial charge on any atom is 0.251 e. The number of benzene rings is 2. The Hall–Kier alpha value is -5.10. The molecule has 0 saturated heterocycles. The SMILES string of the molecule is C/C=C\c1nc(-c2cc(NC(=O)[C@@H](NC(=O)[C@H](Cc3ncc[nH]3)NC(=O)c3cccc(C=O)c3)[C@@H](C)CC)ccc2O)sc1C. The number of H-pyrrole nitrogens is 1. The lowest BCUT2D eigenvalue weighted by Gasteiger charge is -2.26. The first-order valence-corrected chi connectivity index (χ1v) is 15.3. The summed E-state index contributed by atoms with van der Waals surface area (Å²) in [6, 6.07) is 8.81. The molecule has 45 heavy (non-hydrogen) atoms. The van der Waals surface area contributed by atoms with E-state index in [1.807, 2.05) is 39.8 Å². The standard InChI is InChI=1S/C33H36N6O5S/c1-5-8-25-20(4)45-33(38-25)24-16-23(11-12-27(24)41)36-32(44)29(19(3)6-2)39-31(43)26(17-28-34-13-14-35-28)37-30(42)22-10-7-9-21(15-22)18-40/h5,7-16,18-19,26,29,41H,6,17H2,1-4H3,(H,34,35)(H,36,44)(H,37,42)(H,39,43)/b8-5-/t19-,26-,29-/m0/s1. The van der Waals surface area contributed by atoms with Crippen molar-refractivity contribution in [3.05, 3.63) is 88.5 Å². The number of rotatable bonds is 13. The molecule has 0 unspecified atom stereocenters. The van der Waals surface area contributed by atoms with Crippen LogP contribution in [0.15, 0.2) is 60.9 Å². The molecule has 5 N–H and O–H groups in total. The Morgan fingerprint density at radius 2 is 1.91 bits per heavy atom. The number of amides is 3. The molecule has 4 aromatic rings. The quantitative estimate of drug-likeness (QED) is 0.104. The third-order valence-electron chi connectivity index (χ3n) is 7.30. The Balaban J connectivity index is 1.55. The number of phenols is 1. The van der Waals surface area contributed by atoms with E-state index in [4.69, 9.17) is 0 Å². The number of aromatic hydroxyl groups is 1. The third kappa shape index (κ3) is 8.30. The first kappa shape index (κ1) is 32.8. The number of aldehydes is 1. The predicted molar refractivity (Wildman–Crippen MR) is 174 cm³/mol. The third-order valence-corrected chi connectivity index (χ3v) is 8.32. The lowest BCUT2D eigenvalue weighted by Crippen LogP contribution is -2.55. The highest BCUT2D eigenvalue weighted by Crippen LogP contribution is 2.36. The summed E-state index contributed by atoms with van der Waals surface area (Å²) in [6.07, 6.45) is 8.18. The molecule has 234 valence electrons. The van der Waals surface area contributed by atoms with Gasteiger partial charge in [-0.25, -0.2) is 9.97 Å². The molecule has 12 heteroatoms. The van der Waals surface area contributed by atoms with Crippen LogP contribution in [0.5, 0.6) is 5.75 Å². The minimum atomic E-state index is -1.08. The lowest BCUT2D eigenvalue weighted by atomic mass is 9.97. The van der Waals surface area contributed by atoms with Gasteiger partial charge in [0.2, 0.25) is 11.8 Å². The van der Waals surface area contributed by atoms with E-state index in [-0.39, 0.29) is 23.7 Å². The summed E-state index contributed by atoms with van der Waals surface area (Å²) >= 11 is 1.43. The fourth-order valence-corrected chi connectivity index (χ4v) is 5.53. The van der Waals surface area contributed by atoms with Gasteiger partial charge in [0.15, 0.2) is 0 Å². The summed E-state index contributed by atoms with van der Waals surface area (Å²) < 4.78 is 0. The molecule has 0 aliphatic heterocycles. The van der Waals surface area contributed by atoms with Crippen LogP contribution in [0.1, 0.15) is 64.3 Å². The summed E-state index contributed by atoms with van der Waals surface area (Å²) in [5.74, 6) is -1.36. The number of anilines is 1. The van der Waals surface area contributed by atoms with Crippen LogP contribution in [-0.4, -0.2) is 56.1 Å². The number of carbonyl (C=O) groups is 4. The Morgan fingerprint density at radius 1 is 1.11 bits per heavy atom. The van der Waals surface area contributed by atoms with Crippen molar-refractivity contribution in [3.8, 4) is 16.3 Å². The number of phenolic OH excluding ortho intramolecular Hbond substituents is 1. The van der Waals surface area contributed by atoms with Gasteiger partial charge >= 0.3 is 0 Å². The molecule has 3 atom stereocenters. The second-order valence-electron chi connectivity index (χ2n) is 10.6. The number of imidazole rings is 1. The van der Waals surface area contributed by atoms with Crippen molar-refractivity contribution in [2.75, 3.05) is 5.32 Å². The molecule has 2 heterocycles. The number of thiazole rings is 1. The second kappa shape index (κ2) is 15.1. The van der Waals surface area contributed by atoms with Crippen molar-refractivity contribution >= 4 is 47.1 Å². The van der Waals surface area contributed by atoms with Crippen molar-refractivity contribution in [3.63, 3.8) is 0 Å². The zero-order valence-corrected chi connectivity index (χ0v) is 26.3. The topological polar surface area (TPSA) is 166 Å². The Bertz CT molecular complexity index is 1700. The van der Waals surface area contributed by atoms with Crippen LogP contribution < -0.4 is 16.0 Å². The van der Waals surface area contributed by atoms with Gasteiger partial charge in [-0.05, 0) is 56.2 Å². The molecule has 0 saturated carbocycles. The number of carbonyl (C=O) groups excluding carboxylic acids is 4. The van der Waals surface area contributed by atoms with Crippen LogP contribution in [0.25, 0.3) is 16.6 Å². The summed E-state index contributed by atoms with van der Waals surface area (Å²) in [5, 5.41) is 19.6. The highest BCUT2D eigenvalue weighted by molar-refractivity contribution is 7.15. The predicted octanol–water partition coefficient (Wildman–Crippen LogP) is 4.90. The second-order valence-corrected chi connectivity index (χ2v) is 11.8. The fraction of sp³-hybridized carbons (Fsp3) is 0.273.